The first-order valence-corrected chi connectivity index (χ1v) is 9.00. The van der Waals surface area contributed by atoms with Gasteiger partial charge in [-0.05, 0) is 54.4 Å². The largest absolute Gasteiger partial charge is 0.496 e. The van der Waals surface area contributed by atoms with Crippen molar-refractivity contribution in [2.45, 2.75) is 65.4 Å². The van der Waals surface area contributed by atoms with Gasteiger partial charge in [0.15, 0.2) is 5.78 Å². The Balaban J connectivity index is 2.11. The van der Waals surface area contributed by atoms with Crippen LogP contribution in [0.25, 0.3) is 0 Å². The van der Waals surface area contributed by atoms with Crippen molar-refractivity contribution >= 4 is 11.8 Å². The third kappa shape index (κ3) is 2.66. The Kier molecular flexibility index (Phi) is 4.21. The Labute approximate surface area is 149 Å². The molecule has 4 heteroatoms. The number of ketones is 1. The van der Waals surface area contributed by atoms with E-state index in [1.54, 1.807) is 7.11 Å². The first-order chi connectivity index (χ1) is 11.6. The average molecular weight is 344 g/mol. The maximum absolute atomic E-state index is 12.9. The number of Topliss-reactive ketones (excluding diaryl/α,β-unsaturated/α-hetero) is 1. The van der Waals surface area contributed by atoms with Crippen molar-refractivity contribution in [2.75, 3.05) is 7.11 Å². The van der Waals surface area contributed by atoms with Crippen molar-refractivity contribution in [3.8, 4) is 5.75 Å². The number of hydrogen-bond acceptors (Lipinski definition) is 4. The fourth-order valence-electron chi connectivity index (χ4n) is 5.15. The molecule has 3 rings (SSSR count). The third-order valence-electron chi connectivity index (χ3n) is 6.57. The molecule has 2 aliphatic carbocycles. The summed E-state index contributed by atoms with van der Waals surface area (Å²) >= 11 is 0. The van der Waals surface area contributed by atoms with Crippen LogP contribution in [-0.4, -0.2) is 25.0 Å². The molecule has 0 bridgehead atoms. The number of esters is 1. The van der Waals surface area contributed by atoms with Gasteiger partial charge in [0, 0.05) is 24.3 Å². The Morgan fingerprint density at radius 1 is 1.24 bits per heavy atom. The van der Waals surface area contributed by atoms with Gasteiger partial charge in [0.25, 0.3) is 0 Å². The number of hydrogen-bond donors (Lipinski definition) is 0. The normalized spacial score (nSPS) is 30.2. The number of rotatable bonds is 2. The van der Waals surface area contributed by atoms with E-state index in [9.17, 15) is 9.59 Å². The molecule has 0 aliphatic heterocycles. The Bertz CT molecular complexity index is 734. The second kappa shape index (κ2) is 5.86. The fraction of sp³-hybridized carbons (Fsp3) is 0.619. The van der Waals surface area contributed by atoms with Crippen LogP contribution in [0, 0.1) is 18.3 Å². The second-order valence-corrected chi connectivity index (χ2v) is 8.42. The molecule has 1 saturated carbocycles. The van der Waals surface area contributed by atoms with E-state index < -0.39 is 0 Å². The lowest BCUT2D eigenvalue weighted by Gasteiger charge is -2.56. The molecule has 1 fully saturated rings. The standard InChI is InChI=1S/C21H28O4/c1-12-9-14-15(10-17(12)24-6)21(5)8-7-19(25-13(2)22)20(3,4)18(21)11-16(14)23/h9-10,18-19H,7-8,11H2,1-6H3/t18-,19-,21+/m0/s1. The third-order valence-corrected chi connectivity index (χ3v) is 6.57. The van der Waals surface area contributed by atoms with E-state index in [-0.39, 0.29) is 34.6 Å². The number of methoxy groups -OCH3 is 1. The highest BCUT2D eigenvalue weighted by atomic mass is 16.5. The summed E-state index contributed by atoms with van der Waals surface area (Å²) in [5.41, 5.74) is 2.53. The van der Waals surface area contributed by atoms with E-state index in [1.165, 1.54) is 6.92 Å². The summed E-state index contributed by atoms with van der Waals surface area (Å²) < 4.78 is 11.1. The molecule has 0 radical (unpaired) electrons. The molecule has 0 spiro atoms. The predicted octanol–water partition coefficient (Wildman–Crippen LogP) is 4.22. The van der Waals surface area contributed by atoms with Gasteiger partial charge in [-0.25, -0.2) is 0 Å². The number of aryl methyl sites for hydroxylation is 1. The quantitative estimate of drug-likeness (QED) is 0.754. The summed E-state index contributed by atoms with van der Waals surface area (Å²) in [6, 6.07) is 4.03. The molecule has 0 unspecified atom stereocenters. The monoisotopic (exact) mass is 344 g/mol. The number of ether oxygens (including phenoxy) is 2. The van der Waals surface area contributed by atoms with Crippen LogP contribution in [0.1, 0.15) is 68.4 Å². The molecule has 0 saturated heterocycles. The second-order valence-electron chi connectivity index (χ2n) is 8.42. The van der Waals surface area contributed by atoms with Crippen molar-refractivity contribution in [1.82, 2.24) is 0 Å². The lowest BCUT2D eigenvalue weighted by molar-refractivity contribution is -0.163. The van der Waals surface area contributed by atoms with Crippen LogP contribution in [0.2, 0.25) is 0 Å². The number of carbonyl (C=O) groups excluding carboxylic acids is 2. The summed E-state index contributed by atoms with van der Waals surface area (Å²) in [5, 5.41) is 0. The van der Waals surface area contributed by atoms with Gasteiger partial charge in [-0.1, -0.05) is 20.8 Å². The van der Waals surface area contributed by atoms with Crippen LogP contribution >= 0.6 is 0 Å². The summed E-state index contributed by atoms with van der Waals surface area (Å²) in [4.78, 5) is 24.4. The zero-order valence-corrected chi connectivity index (χ0v) is 16.1. The maximum Gasteiger partial charge on any atom is 0.302 e. The number of carbonyl (C=O) groups is 2. The van der Waals surface area contributed by atoms with Crippen LogP contribution in [0.3, 0.4) is 0 Å². The Morgan fingerprint density at radius 3 is 2.52 bits per heavy atom. The highest BCUT2D eigenvalue weighted by molar-refractivity contribution is 6.00. The van der Waals surface area contributed by atoms with E-state index in [0.29, 0.717) is 6.42 Å². The summed E-state index contributed by atoms with van der Waals surface area (Å²) in [6.45, 7) is 9.95. The smallest absolute Gasteiger partial charge is 0.302 e. The average Bonchev–Trinajstić information content (AvgIpc) is 2.53. The zero-order chi connectivity index (χ0) is 18.6. The van der Waals surface area contributed by atoms with E-state index in [4.69, 9.17) is 9.47 Å². The fourth-order valence-corrected chi connectivity index (χ4v) is 5.15. The number of benzene rings is 1. The lowest BCUT2D eigenvalue weighted by Crippen LogP contribution is -2.55. The van der Waals surface area contributed by atoms with Crippen molar-refractivity contribution in [3.05, 3.63) is 28.8 Å². The van der Waals surface area contributed by atoms with Crippen LogP contribution < -0.4 is 4.74 Å². The first-order valence-electron chi connectivity index (χ1n) is 9.00. The van der Waals surface area contributed by atoms with Crippen molar-refractivity contribution in [1.29, 1.82) is 0 Å². The Morgan fingerprint density at radius 2 is 1.92 bits per heavy atom. The molecular formula is C21H28O4. The first kappa shape index (κ1) is 18.0. The highest BCUT2D eigenvalue weighted by Crippen LogP contribution is 2.58. The van der Waals surface area contributed by atoms with Crippen LogP contribution in [0.4, 0.5) is 0 Å². The molecule has 0 heterocycles. The molecule has 3 atom stereocenters. The predicted molar refractivity (Wildman–Crippen MR) is 96.1 cm³/mol. The zero-order valence-electron chi connectivity index (χ0n) is 16.1. The lowest BCUT2D eigenvalue weighted by atomic mass is 9.49. The van der Waals surface area contributed by atoms with E-state index in [2.05, 4.69) is 26.8 Å². The highest BCUT2D eigenvalue weighted by Gasteiger charge is 2.56. The van der Waals surface area contributed by atoms with Crippen LogP contribution in [-0.2, 0) is 14.9 Å². The van der Waals surface area contributed by atoms with Gasteiger partial charge in [0.2, 0.25) is 0 Å². The van der Waals surface area contributed by atoms with Crippen LogP contribution in [0.15, 0.2) is 12.1 Å². The van der Waals surface area contributed by atoms with Crippen LogP contribution in [0.5, 0.6) is 5.75 Å². The van der Waals surface area contributed by atoms with E-state index >= 15 is 0 Å². The van der Waals surface area contributed by atoms with Gasteiger partial charge in [-0.3, -0.25) is 9.59 Å². The van der Waals surface area contributed by atoms with Gasteiger partial charge in [-0.2, -0.15) is 0 Å². The van der Waals surface area contributed by atoms with E-state index in [1.807, 2.05) is 13.0 Å². The molecule has 25 heavy (non-hydrogen) atoms. The molecule has 0 N–H and O–H groups in total. The molecule has 2 aliphatic rings. The molecule has 0 amide bonds. The van der Waals surface area contributed by atoms with Gasteiger partial charge in [-0.15, -0.1) is 0 Å². The number of fused-ring (bicyclic) bond motifs is 3. The molecular weight excluding hydrogens is 316 g/mol. The summed E-state index contributed by atoms with van der Waals surface area (Å²) in [7, 11) is 1.67. The summed E-state index contributed by atoms with van der Waals surface area (Å²) in [5.74, 6) is 0.889. The van der Waals surface area contributed by atoms with Gasteiger partial charge in [0.05, 0.1) is 7.11 Å². The Hall–Kier alpha value is -1.84. The topological polar surface area (TPSA) is 52.6 Å². The van der Waals surface area contributed by atoms with E-state index in [0.717, 1.165) is 35.3 Å². The molecule has 1 aromatic rings. The molecule has 4 nitrogen and oxygen atoms in total. The molecule has 136 valence electrons. The molecule has 1 aromatic carbocycles. The minimum Gasteiger partial charge on any atom is -0.496 e. The summed E-state index contributed by atoms with van der Waals surface area (Å²) in [6.07, 6.45) is 2.05. The van der Waals surface area contributed by atoms with Crippen molar-refractivity contribution in [3.63, 3.8) is 0 Å². The van der Waals surface area contributed by atoms with Gasteiger partial charge >= 0.3 is 5.97 Å². The van der Waals surface area contributed by atoms with Gasteiger partial charge in [0.1, 0.15) is 11.9 Å². The van der Waals surface area contributed by atoms with Crippen molar-refractivity contribution in [2.24, 2.45) is 11.3 Å². The maximum atomic E-state index is 12.9. The van der Waals surface area contributed by atoms with Crippen molar-refractivity contribution < 1.29 is 19.1 Å². The SMILES string of the molecule is COc1cc2c(cc1C)C(=O)C[C@H]1C(C)(C)[C@@H](OC(C)=O)CC[C@]21C. The molecule has 0 aromatic heterocycles. The minimum absolute atomic E-state index is 0.121. The minimum atomic E-state index is -0.260. The van der Waals surface area contributed by atoms with Gasteiger partial charge < -0.3 is 9.47 Å².